The van der Waals surface area contributed by atoms with Crippen molar-refractivity contribution >= 4 is 36.2 Å². The summed E-state index contributed by atoms with van der Waals surface area (Å²) >= 11 is 0. The molecule has 2 nitrogen and oxygen atoms in total. The lowest BCUT2D eigenvalue weighted by atomic mass is 10.0. The highest BCUT2D eigenvalue weighted by atomic mass is 35.5. The highest BCUT2D eigenvalue weighted by molar-refractivity contribution is 5.85. The van der Waals surface area contributed by atoms with Crippen LogP contribution in [0.2, 0.25) is 0 Å². The Hall–Kier alpha value is -1.38. The van der Waals surface area contributed by atoms with Gasteiger partial charge in [-0.15, -0.1) is 24.8 Å². The summed E-state index contributed by atoms with van der Waals surface area (Å²) in [5.74, 6) is 0. The van der Waals surface area contributed by atoms with Gasteiger partial charge in [-0.25, -0.2) is 0 Å². The van der Waals surface area contributed by atoms with E-state index >= 15 is 0 Å². The van der Waals surface area contributed by atoms with Crippen LogP contribution in [0.5, 0.6) is 0 Å². The maximum atomic E-state index is 3.59. The van der Waals surface area contributed by atoms with Crippen molar-refractivity contribution in [3.05, 3.63) is 64.3 Å². The minimum atomic E-state index is 0. The van der Waals surface area contributed by atoms with Gasteiger partial charge in [0.1, 0.15) is 0 Å². The minimum Gasteiger partial charge on any atom is -0.880 e. The van der Waals surface area contributed by atoms with Crippen LogP contribution in [0.3, 0.4) is 0 Å². The van der Waals surface area contributed by atoms with E-state index in [1.54, 1.807) is 0 Å². The zero-order valence-corrected chi connectivity index (χ0v) is 17.6. The molecule has 1 saturated heterocycles. The Bertz CT molecular complexity index is 646. The topological polar surface area (TPSA) is 6.48 Å². The SMILES string of the molecule is Cc1cc(C)c(N2[C-2]N(c3c(C)cc(C)cc3C)CC2)c(C)c1.Cl.Cl. The van der Waals surface area contributed by atoms with Crippen molar-refractivity contribution in [2.45, 2.75) is 41.5 Å². The van der Waals surface area contributed by atoms with Gasteiger partial charge in [-0.1, -0.05) is 35.4 Å². The first-order valence-electron chi connectivity index (χ1n) is 8.34. The first kappa shape index (κ1) is 21.7. The molecule has 1 aliphatic heterocycles. The Labute approximate surface area is 165 Å². The highest BCUT2D eigenvalue weighted by Gasteiger charge is 2.08. The summed E-state index contributed by atoms with van der Waals surface area (Å²) in [4.78, 5) is 4.56. The molecule has 3 rings (SSSR count). The molecule has 138 valence electrons. The normalized spacial score (nSPS) is 13.5. The van der Waals surface area contributed by atoms with Gasteiger partial charge in [0.2, 0.25) is 0 Å². The van der Waals surface area contributed by atoms with Crippen molar-refractivity contribution in [1.29, 1.82) is 0 Å². The van der Waals surface area contributed by atoms with E-state index in [0.717, 1.165) is 13.1 Å². The van der Waals surface area contributed by atoms with Crippen LogP contribution in [0, 0.1) is 48.2 Å². The van der Waals surface area contributed by atoms with Crippen LogP contribution in [-0.4, -0.2) is 13.1 Å². The summed E-state index contributed by atoms with van der Waals surface area (Å²) in [6.07, 6.45) is 0. The molecule has 4 heteroatoms. The average Bonchev–Trinajstić information content (AvgIpc) is 2.85. The second-order valence-corrected chi connectivity index (χ2v) is 6.90. The summed E-state index contributed by atoms with van der Waals surface area (Å²) in [6, 6.07) is 9.04. The molecule has 2 aromatic carbocycles. The molecule has 0 N–H and O–H groups in total. The van der Waals surface area contributed by atoms with Crippen molar-refractivity contribution in [1.82, 2.24) is 0 Å². The third kappa shape index (κ3) is 4.24. The monoisotopic (exact) mass is 378 g/mol. The molecule has 0 atom stereocenters. The van der Waals surface area contributed by atoms with Gasteiger partial charge in [0.15, 0.2) is 0 Å². The predicted molar refractivity (Wildman–Crippen MR) is 114 cm³/mol. The van der Waals surface area contributed by atoms with Crippen LogP contribution < -0.4 is 9.80 Å². The average molecular weight is 379 g/mol. The van der Waals surface area contributed by atoms with Crippen molar-refractivity contribution in [3.8, 4) is 0 Å². The number of rotatable bonds is 2. The van der Waals surface area contributed by atoms with Crippen molar-refractivity contribution in [3.63, 3.8) is 0 Å². The molecular formula is C21H28Cl2N2-2. The van der Waals surface area contributed by atoms with Crippen molar-refractivity contribution < 1.29 is 0 Å². The molecule has 0 aliphatic carbocycles. The van der Waals surface area contributed by atoms with Crippen LogP contribution in [0.4, 0.5) is 11.4 Å². The number of benzene rings is 2. The molecule has 0 radical (unpaired) electrons. The number of hydrogen-bond donors (Lipinski definition) is 0. The van der Waals surface area contributed by atoms with Crippen molar-refractivity contribution in [2.75, 3.05) is 22.9 Å². The second kappa shape index (κ2) is 8.33. The number of aryl methyl sites for hydroxylation is 6. The fraction of sp³-hybridized carbons (Fsp3) is 0.381. The zero-order chi connectivity index (χ0) is 16.7. The van der Waals surface area contributed by atoms with Gasteiger partial charge in [-0.05, 0) is 88.3 Å². The van der Waals surface area contributed by atoms with E-state index in [1.165, 1.54) is 44.8 Å². The Morgan fingerprint density at radius 3 is 1.16 bits per heavy atom. The maximum absolute atomic E-state index is 3.59. The summed E-state index contributed by atoms with van der Waals surface area (Å²) in [5.41, 5.74) is 10.6. The number of anilines is 2. The fourth-order valence-corrected chi connectivity index (χ4v) is 3.97. The van der Waals surface area contributed by atoms with Crippen LogP contribution >= 0.6 is 24.8 Å². The molecule has 25 heavy (non-hydrogen) atoms. The van der Waals surface area contributed by atoms with E-state index in [2.05, 4.69) is 82.3 Å². The zero-order valence-electron chi connectivity index (χ0n) is 15.9. The Kier molecular flexibility index (Phi) is 7.22. The summed E-state index contributed by atoms with van der Waals surface area (Å²) in [5, 5.41) is 0. The van der Waals surface area contributed by atoms with Gasteiger partial charge < -0.3 is 16.5 Å². The van der Waals surface area contributed by atoms with E-state index < -0.39 is 0 Å². The quantitative estimate of drug-likeness (QED) is 0.660. The molecule has 0 saturated carbocycles. The predicted octanol–water partition coefficient (Wildman–Crippen LogP) is 5.70. The Morgan fingerprint density at radius 1 is 0.600 bits per heavy atom. The molecular weight excluding hydrogens is 351 g/mol. The lowest BCUT2D eigenvalue weighted by molar-refractivity contribution is 1.01. The van der Waals surface area contributed by atoms with E-state index in [9.17, 15) is 0 Å². The van der Waals surface area contributed by atoms with Crippen LogP contribution in [0.1, 0.15) is 33.4 Å². The highest BCUT2D eigenvalue weighted by Crippen LogP contribution is 2.34. The van der Waals surface area contributed by atoms with E-state index in [1.807, 2.05) is 0 Å². The molecule has 0 aromatic heterocycles. The summed E-state index contributed by atoms with van der Waals surface area (Å²) in [6.45, 7) is 18.7. The standard InChI is InChI=1S/C21H26N2.2ClH/c1-14-9-16(3)20(17(4)10-14)22-7-8-23(13-22)21-18(5)11-15(2)12-19(21)6;;/h9-12H,7-8H2,1-6H3;2*1H/q-2;;. The lowest BCUT2D eigenvalue weighted by Crippen LogP contribution is -2.21. The number of nitrogens with zero attached hydrogens (tertiary/aromatic N) is 2. The van der Waals surface area contributed by atoms with E-state index in [-0.39, 0.29) is 24.8 Å². The lowest BCUT2D eigenvalue weighted by Gasteiger charge is -2.62. The molecule has 0 bridgehead atoms. The van der Waals surface area contributed by atoms with Crippen LogP contribution in [0.25, 0.3) is 0 Å². The van der Waals surface area contributed by atoms with Crippen LogP contribution in [0.15, 0.2) is 24.3 Å². The van der Waals surface area contributed by atoms with Crippen LogP contribution in [-0.2, 0) is 0 Å². The Morgan fingerprint density at radius 2 is 0.880 bits per heavy atom. The molecule has 0 amide bonds. The molecule has 1 heterocycles. The number of halogens is 2. The fourth-order valence-electron chi connectivity index (χ4n) is 3.97. The van der Waals surface area contributed by atoms with Gasteiger partial charge in [0.05, 0.1) is 0 Å². The van der Waals surface area contributed by atoms with Gasteiger partial charge >= 0.3 is 0 Å². The van der Waals surface area contributed by atoms with E-state index in [0.29, 0.717) is 0 Å². The largest absolute Gasteiger partial charge is 0.880 e. The van der Waals surface area contributed by atoms with Crippen molar-refractivity contribution in [2.24, 2.45) is 0 Å². The maximum Gasteiger partial charge on any atom is -0.00645 e. The molecule has 0 unspecified atom stereocenters. The van der Waals surface area contributed by atoms with Gasteiger partial charge in [0.25, 0.3) is 0 Å². The third-order valence-electron chi connectivity index (χ3n) is 4.60. The molecule has 2 aromatic rings. The molecule has 1 fully saturated rings. The molecule has 1 aliphatic rings. The number of hydrogen-bond acceptors (Lipinski definition) is 2. The molecule has 0 spiro atoms. The van der Waals surface area contributed by atoms with Gasteiger partial charge in [0, 0.05) is 0 Å². The first-order valence-corrected chi connectivity index (χ1v) is 8.34. The first-order chi connectivity index (χ1) is 10.9. The Balaban J connectivity index is 0.00000156. The minimum absolute atomic E-state index is 0. The van der Waals surface area contributed by atoms with Gasteiger partial charge in [-0.2, -0.15) is 0 Å². The van der Waals surface area contributed by atoms with E-state index in [4.69, 9.17) is 0 Å². The summed E-state index contributed by atoms with van der Waals surface area (Å²) in [7, 11) is 0. The summed E-state index contributed by atoms with van der Waals surface area (Å²) < 4.78 is 0. The third-order valence-corrected chi connectivity index (χ3v) is 4.60. The van der Waals surface area contributed by atoms with Gasteiger partial charge in [-0.3, -0.25) is 0 Å². The second-order valence-electron chi connectivity index (χ2n) is 6.90. The smallest absolute Gasteiger partial charge is 0.00645 e.